The molecule has 0 N–H and O–H groups in total. The molecule has 0 spiro atoms. The van der Waals surface area contributed by atoms with Crippen molar-refractivity contribution in [3.05, 3.63) is 34.9 Å². The maximum Gasteiger partial charge on any atom is 0.237 e. The SMILES string of the molecule is C[C@@H]1CN(C(=O)CS(=O)(=O)Cc2ccc(Cl)cc2)C[C@@H](C)O1. The van der Waals surface area contributed by atoms with Crippen LogP contribution in [0.25, 0.3) is 0 Å². The van der Waals surface area contributed by atoms with E-state index in [2.05, 4.69) is 0 Å². The van der Waals surface area contributed by atoms with Crippen molar-refractivity contribution in [3.8, 4) is 0 Å². The van der Waals surface area contributed by atoms with Crippen LogP contribution in [0.2, 0.25) is 5.02 Å². The van der Waals surface area contributed by atoms with Gasteiger partial charge in [-0.15, -0.1) is 0 Å². The molecule has 2 atom stereocenters. The van der Waals surface area contributed by atoms with E-state index in [-0.39, 0.29) is 23.9 Å². The molecule has 1 fully saturated rings. The van der Waals surface area contributed by atoms with Crippen molar-refractivity contribution in [1.29, 1.82) is 0 Å². The number of carbonyl (C=O) groups excluding carboxylic acids is 1. The quantitative estimate of drug-likeness (QED) is 0.836. The highest BCUT2D eigenvalue weighted by Gasteiger charge is 2.28. The molecule has 5 nitrogen and oxygen atoms in total. The summed E-state index contributed by atoms with van der Waals surface area (Å²) in [6, 6.07) is 6.59. The first kappa shape index (κ1) is 17.2. The Balaban J connectivity index is 1.98. The van der Waals surface area contributed by atoms with E-state index in [0.29, 0.717) is 23.7 Å². The standard InChI is InChI=1S/C15H20ClNO4S/c1-11-7-17(8-12(2)21-11)15(18)10-22(19,20)9-13-3-5-14(16)6-4-13/h3-6,11-12H,7-10H2,1-2H3/t11-,12-/m1/s1. The fourth-order valence-electron chi connectivity index (χ4n) is 2.55. The highest BCUT2D eigenvalue weighted by Crippen LogP contribution is 2.15. The van der Waals surface area contributed by atoms with Gasteiger partial charge in [0.25, 0.3) is 0 Å². The summed E-state index contributed by atoms with van der Waals surface area (Å²) in [5.74, 6) is -1.00. The van der Waals surface area contributed by atoms with Gasteiger partial charge in [0.1, 0.15) is 5.75 Å². The Morgan fingerprint density at radius 3 is 2.32 bits per heavy atom. The molecule has 122 valence electrons. The van der Waals surface area contributed by atoms with Crippen LogP contribution in [-0.4, -0.2) is 50.3 Å². The van der Waals surface area contributed by atoms with E-state index >= 15 is 0 Å². The fraction of sp³-hybridized carbons (Fsp3) is 0.533. The van der Waals surface area contributed by atoms with Gasteiger partial charge in [0.15, 0.2) is 9.84 Å². The third kappa shape index (κ3) is 4.97. The summed E-state index contributed by atoms with van der Waals surface area (Å²) >= 11 is 5.77. The number of ether oxygens (including phenoxy) is 1. The monoisotopic (exact) mass is 345 g/mol. The van der Waals surface area contributed by atoms with Crippen LogP contribution in [0.3, 0.4) is 0 Å². The summed E-state index contributed by atoms with van der Waals surface area (Å²) in [4.78, 5) is 13.8. The zero-order valence-corrected chi connectivity index (χ0v) is 14.2. The summed E-state index contributed by atoms with van der Waals surface area (Å²) in [6.07, 6.45) is -0.154. The Kier molecular flexibility index (Phi) is 5.47. The molecule has 0 bridgehead atoms. The molecule has 1 aromatic carbocycles. The van der Waals surface area contributed by atoms with Gasteiger partial charge < -0.3 is 9.64 Å². The highest BCUT2D eigenvalue weighted by molar-refractivity contribution is 7.91. The normalized spacial score (nSPS) is 22.6. The minimum atomic E-state index is -3.51. The summed E-state index contributed by atoms with van der Waals surface area (Å²) in [7, 11) is -3.51. The number of rotatable bonds is 4. The first-order valence-corrected chi connectivity index (χ1v) is 9.33. The number of carbonyl (C=O) groups is 1. The second kappa shape index (κ2) is 6.98. The maximum atomic E-state index is 12.2. The van der Waals surface area contributed by atoms with Gasteiger partial charge in [-0.3, -0.25) is 4.79 Å². The molecule has 0 aromatic heterocycles. The minimum absolute atomic E-state index is 0.0772. The molecule has 0 unspecified atom stereocenters. The van der Waals surface area contributed by atoms with Crippen molar-refractivity contribution in [1.82, 2.24) is 4.90 Å². The number of nitrogens with zero attached hydrogens (tertiary/aromatic N) is 1. The molecule has 0 aliphatic carbocycles. The van der Waals surface area contributed by atoms with Crippen LogP contribution >= 0.6 is 11.6 Å². The van der Waals surface area contributed by atoms with Crippen molar-refractivity contribution in [2.75, 3.05) is 18.8 Å². The van der Waals surface area contributed by atoms with Gasteiger partial charge in [-0.25, -0.2) is 8.42 Å². The van der Waals surface area contributed by atoms with Gasteiger partial charge in [0.2, 0.25) is 5.91 Å². The van der Waals surface area contributed by atoms with E-state index in [9.17, 15) is 13.2 Å². The molecule has 1 amide bonds. The van der Waals surface area contributed by atoms with Gasteiger partial charge in [-0.05, 0) is 31.5 Å². The number of sulfone groups is 1. The topological polar surface area (TPSA) is 63.7 Å². The molecule has 1 aliphatic heterocycles. The van der Waals surface area contributed by atoms with Crippen molar-refractivity contribution in [2.24, 2.45) is 0 Å². The molecule has 0 saturated carbocycles. The lowest BCUT2D eigenvalue weighted by Gasteiger charge is -2.35. The lowest BCUT2D eigenvalue weighted by Crippen LogP contribution is -2.49. The number of amides is 1. The third-order valence-corrected chi connectivity index (χ3v) is 5.13. The maximum absolute atomic E-state index is 12.2. The van der Waals surface area contributed by atoms with Gasteiger partial charge >= 0.3 is 0 Å². The molecule has 1 aliphatic rings. The smallest absolute Gasteiger partial charge is 0.237 e. The molecule has 2 rings (SSSR count). The van der Waals surface area contributed by atoms with Crippen molar-refractivity contribution < 1.29 is 17.9 Å². The fourth-order valence-corrected chi connectivity index (χ4v) is 4.03. The Morgan fingerprint density at radius 2 is 1.77 bits per heavy atom. The predicted molar refractivity (Wildman–Crippen MR) is 85.5 cm³/mol. The van der Waals surface area contributed by atoms with Crippen LogP contribution in [0.15, 0.2) is 24.3 Å². The highest BCUT2D eigenvalue weighted by atomic mass is 35.5. The third-order valence-electron chi connectivity index (χ3n) is 3.42. The van der Waals surface area contributed by atoms with E-state index in [0.717, 1.165) is 0 Å². The predicted octanol–water partition coefficient (Wildman–Crippen LogP) is 1.89. The minimum Gasteiger partial charge on any atom is -0.372 e. The molecule has 22 heavy (non-hydrogen) atoms. The average molecular weight is 346 g/mol. The van der Waals surface area contributed by atoms with Crippen molar-refractivity contribution in [2.45, 2.75) is 31.8 Å². The average Bonchev–Trinajstić information content (AvgIpc) is 2.39. The Hall–Kier alpha value is -1.11. The Morgan fingerprint density at radius 1 is 1.23 bits per heavy atom. The largest absolute Gasteiger partial charge is 0.372 e. The van der Waals surface area contributed by atoms with Crippen molar-refractivity contribution in [3.63, 3.8) is 0 Å². The molecule has 1 aromatic rings. The summed E-state index contributed by atoms with van der Waals surface area (Å²) in [5.41, 5.74) is 0.626. The summed E-state index contributed by atoms with van der Waals surface area (Å²) in [6.45, 7) is 4.61. The van der Waals surface area contributed by atoms with Crippen LogP contribution in [0.5, 0.6) is 0 Å². The van der Waals surface area contributed by atoms with Gasteiger partial charge in [0.05, 0.1) is 18.0 Å². The van der Waals surface area contributed by atoms with E-state index in [1.54, 1.807) is 29.2 Å². The molecule has 1 heterocycles. The number of halogens is 1. The molecular formula is C15H20ClNO4S. The van der Waals surface area contributed by atoms with Gasteiger partial charge in [-0.2, -0.15) is 0 Å². The number of morpholine rings is 1. The van der Waals surface area contributed by atoms with Gasteiger partial charge in [0, 0.05) is 18.1 Å². The zero-order valence-electron chi connectivity index (χ0n) is 12.7. The second-order valence-corrected chi connectivity index (χ2v) is 8.22. The first-order chi connectivity index (χ1) is 10.2. The number of hydrogen-bond donors (Lipinski definition) is 0. The van der Waals surface area contributed by atoms with E-state index in [1.807, 2.05) is 13.8 Å². The number of benzene rings is 1. The van der Waals surface area contributed by atoms with E-state index in [4.69, 9.17) is 16.3 Å². The first-order valence-electron chi connectivity index (χ1n) is 7.13. The lowest BCUT2D eigenvalue weighted by atomic mass is 10.2. The Bertz CT molecular complexity index is 619. The molecule has 0 radical (unpaired) electrons. The van der Waals surface area contributed by atoms with Crippen molar-refractivity contribution >= 4 is 27.3 Å². The van der Waals surface area contributed by atoms with Crippen LogP contribution in [-0.2, 0) is 25.1 Å². The number of hydrogen-bond acceptors (Lipinski definition) is 4. The lowest BCUT2D eigenvalue weighted by molar-refractivity contribution is -0.140. The van der Waals surface area contributed by atoms with Crippen LogP contribution < -0.4 is 0 Å². The van der Waals surface area contributed by atoms with Crippen LogP contribution in [0.1, 0.15) is 19.4 Å². The zero-order chi connectivity index (χ0) is 16.3. The van der Waals surface area contributed by atoms with Gasteiger partial charge in [-0.1, -0.05) is 23.7 Å². The molecule has 7 heteroatoms. The Labute approximate surface area is 136 Å². The second-order valence-electron chi connectivity index (χ2n) is 5.71. The van der Waals surface area contributed by atoms with E-state index in [1.165, 1.54) is 0 Å². The molecular weight excluding hydrogens is 326 g/mol. The summed E-state index contributed by atoms with van der Waals surface area (Å²) < 4.78 is 29.9. The van der Waals surface area contributed by atoms with E-state index < -0.39 is 15.6 Å². The molecule has 1 saturated heterocycles. The summed E-state index contributed by atoms with van der Waals surface area (Å²) in [5, 5.41) is 0.550. The van der Waals surface area contributed by atoms with Crippen LogP contribution in [0.4, 0.5) is 0 Å². The van der Waals surface area contributed by atoms with Crippen LogP contribution in [0, 0.1) is 0 Å².